The second-order valence-corrected chi connectivity index (χ2v) is 7.40. The molecule has 4 nitrogen and oxygen atoms in total. The van der Waals surface area contributed by atoms with E-state index in [1.54, 1.807) is 36.1 Å². The average Bonchev–Trinajstić information content (AvgIpc) is 2.90. The Morgan fingerprint density at radius 2 is 1.71 bits per heavy atom. The Balaban J connectivity index is 2.19. The minimum atomic E-state index is -0.658. The van der Waals surface area contributed by atoms with Gasteiger partial charge in [-0.3, -0.25) is 4.79 Å². The fraction of sp³-hybridized carbons (Fsp3) is 0.182. The number of rotatable bonds is 3. The molecule has 2 aromatic carbocycles. The maximum absolute atomic E-state index is 13.1. The third-order valence-corrected chi connectivity index (χ3v) is 5.52. The number of esters is 1. The lowest BCUT2D eigenvalue weighted by Gasteiger charge is -2.22. The summed E-state index contributed by atoms with van der Waals surface area (Å²) in [6.07, 6.45) is 1.69. The molecule has 0 amide bonds. The number of methoxy groups -OCH3 is 1. The molecule has 0 atom stereocenters. The molecule has 0 aliphatic carbocycles. The van der Waals surface area contributed by atoms with Gasteiger partial charge in [0.05, 0.1) is 22.9 Å². The Morgan fingerprint density at radius 1 is 1.00 bits per heavy atom. The lowest BCUT2D eigenvalue weighted by molar-refractivity contribution is -0.137. The van der Waals surface area contributed by atoms with E-state index in [2.05, 4.69) is 0 Å². The van der Waals surface area contributed by atoms with Gasteiger partial charge in [0.2, 0.25) is 5.78 Å². The van der Waals surface area contributed by atoms with Gasteiger partial charge in [-0.05, 0) is 67.8 Å². The molecule has 0 fully saturated rings. The van der Waals surface area contributed by atoms with E-state index in [0.29, 0.717) is 27.0 Å². The number of halogens is 2. The number of nitrogens with zero attached hydrogens (tertiary/aromatic N) is 1. The number of benzene rings is 2. The first kappa shape index (κ1) is 20.2. The highest BCUT2D eigenvalue weighted by Gasteiger charge is 2.38. The van der Waals surface area contributed by atoms with Crippen LogP contribution >= 0.6 is 23.2 Å². The highest BCUT2D eigenvalue weighted by molar-refractivity contribution is 6.42. The number of aryl methyl sites for hydroxylation is 2. The maximum atomic E-state index is 13.1. The molecule has 0 saturated heterocycles. The number of carbonyl (C=O) groups excluding carboxylic acids is 2. The van der Waals surface area contributed by atoms with Crippen LogP contribution in [0.5, 0.6) is 0 Å². The molecule has 0 spiro atoms. The molecule has 6 heteroatoms. The molecule has 144 valence electrons. The van der Waals surface area contributed by atoms with Gasteiger partial charge in [0.25, 0.3) is 0 Å². The fourth-order valence-electron chi connectivity index (χ4n) is 3.12. The standard InChI is InChI=1S/C22H19Cl2NO3/c1-12-5-7-16(9-13(12)2)25-14(3)20(22(27)28-4)21(26)19(25)11-15-6-8-17(23)18(24)10-15/h5-11H,1-4H3/b19-11+. The van der Waals surface area contributed by atoms with Crippen molar-refractivity contribution in [2.24, 2.45) is 0 Å². The van der Waals surface area contributed by atoms with E-state index in [9.17, 15) is 9.59 Å². The van der Waals surface area contributed by atoms with E-state index in [4.69, 9.17) is 27.9 Å². The van der Waals surface area contributed by atoms with Crippen molar-refractivity contribution in [3.8, 4) is 0 Å². The summed E-state index contributed by atoms with van der Waals surface area (Å²) < 4.78 is 4.83. The van der Waals surface area contributed by atoms with Crippen molar-refractivity contribution >= 4 is 46.7 Å². The van der Waals surface area contributed by atoms with Crippen LogP contribution in [0.15, 0.2) is 53.4 Å². The van der Waals surface area contributed by atoms with Crippen molar-refractivity contribution in [1.29, 1.82) is 0 Å². The number of ether oxygens (including phenoxy) is 1. The maximum Gasteiger partial charge on any atom is 0.343 e. The minimum absolute atomic E-state index is 0.0204. The lowest BCUT2D eigenvalue weighted by Crippen LogP contribution is -2.18. The summed E-state index contributed by atoms with van der Waals surface area (Å²) in [5.74, 6) is -1.05. The van der Waals surface area contributed by atoms with Gasteiger partial charge >= 0.3 is 5.97 Å². The van der Waals surface area contributed by atoms with E-state index in [1.165, 1.54) is 7.11 Å². The van der Waals surface area contributed by atoms with Gasteiger partial charge in [0.15, 0.2) is 0 Å². The first-order chi connectivity index (χ1) is 13.2. The summed E-state index contributed by atoms with van der Waals surface area (Å²) in [7, 11) is 1.26. The Morgan fingerprint density at radius 3 is 2.32 bits per heavy atom. The summed E-state index contributed by atoms with van der Waals surface area (Å²) in [6.45, 7) is 5.75. The summed E-state index contributed by atoms with van der Waals surface area (Å²) in [5.41, 5.74) is 4.60. The fourth-order valence-corrected chi connectivity index (χ4v) is 3.42. The Hall–Kier alpha value is -2.56. The van der Waals surface area contributed by atoms with E-state index >= 15 is 0 Å². The van der Waals surface area contributed by atoms with Crippen molar-refractivity contribution in [3.05, 3.63) is 80.1 Å². The zero-order chi connectivity index (χ0) is 20.6. The van der Waals surface area contributed by atoms with Crippen LogP contribution in [0.2, 0.25) is 10.0 Å². The molecule has 1 aliphatic rings. The third-order valence-electron chi connectivity index (χ3n) is 4.78. The molecule has 2 aromatic rings. The number of Topliss-reactive ketones (excluding diaryl/α,β-unsaturated/α-hetero) is 1. The SMILES string of the molecule is COC(=O)C1=C(C)N(c2ccc(C)c(C)c2)/C(=C/c2ccc(Cl)c(Cl)c2)C1=O. The average molecular weight is 416 g/mol. The van der Waals surface area contributed by atoms with E-state index in [0.717, 1.165) is 16.8 Å². The lowest BCUT2D eigenvalue weighted by atomic mass is 10.1. The summed E-state index contributed by atoms with van der Waals surface area (Å²) in [4.78, 5) is 27.1. The van der Waals surface area contributed by atoms with E-state index < -0.39 is 11.8 Å². The molecule has 28 heavy (non-hydrogen) atoms. The van der Waals surface area contributed by atoms with Crippen LogP contribution in [0.1, 0.15) is 23.6 Å². The van der Waals surface area contributed by atoms with Crippen LogP contribution in [0.3, 0.4) is 0 Å². The van der Waals surface area contributed by atoms with Gasteiger partial charge < -0.3 is 9.64 Å². The topological polar surface area (TPSA) is 46.6 Å². The second kappa shape index (κ2) is 7.82. The number of ketones is 1. The zero-order valence-electron chi connectivity index (χ0n) is 16.0. The first-order valence-electron chi connectivity index (χ1n) is 8.62. The van der Waals surface area contributed by atoms with Crippen LogP contribution in [0, 0.1) is 13.8 Å². The summed E-state index contributed by atoms with van der Waals surface area (Å²) in [5, 5.41) is 0.814. The summed E-state index contributed by atoms with van der Waals surface area (Å²) in [6, 6.07) is 11.0. The highest BCUT2D eigenvalue weighted by Crippen LogP contribution is 2.36. The molecule has 1 aliphatic heterocycles. The Kier molecular flexibility index (Phi) is 5.64. The quantitative estimate of drug-likeness (QED) is 0.377. The molecule has 0 N–H and O–H groups in total. The third kappa shape index (κ3) is 3.58. The van der Waals surface area contributed by atoms with Gasteiger partial charge in [-0.2, -0.15) is 0 Å². The molecule has 0 unspecified atom stereocenters. The van der Waals surface area contributed by atoms with Crippen LogP contribution < -0.4 is 4.90 Å². The first-order valence-corrected chi connectivity index (χ1v) is 9.38. The molecule has 0 saturated carbocycles. The monoisotopic (exact) mass is 415 g/mol. The predicted octanol–water partition coefficient (Wildman–Crippen LogP) is 5.49. The highest BCUT2D eigenvalue weighted by atomic mass is 35.5. The molecule has 1 heterocycles. The van der Waals surface area contributed by atoms with E-state index in [1.807, 2.05) is 32.0 Å². The van der Waals surface area contributed by atoms with Crippen molar-refractivity contribution < 1.29 is 14.3 Å². The number of hydrogen-bond acceptors (Lipinski definition) is 4. The number of carbonyl (C=O) groups is 2. The van der Waals surface area contributed by atoms with Crippen LogP contribution in [0.4, 0.5) is 5.69 Å². The molecule has 0 radical (unpaired) electrons. The smallest absolute Gasteiger partial charge is 0.343 e. The van der Waals surface area contributed by atoms with E-state index in [-0.39, 0.29) is 5.57 Å². The minimum Gasteiger partial charge on any atom is -0.465 e. The Bertz CT molecular complexity index is 1050. The van der Waals surface area contributed by atoms with Gasteiger partial charge in [0.1, 0.15) is 5.57 Å². The van der Waals surface area contributed by atoms with Crippen molar-refractivity contribution in [2.75, 3.05) is 12.0 Å². The van der Waals surface area contributed by atoms with Crippen LogP contribution in [-0.2, 0) is 14.3 Å². The molecule has 0 aromatic heterocycles. The number of hydrogen-bond donors (Lipinski definition) is 0. The van der Waals surface area contributed by atoms with Crippen LogP contribution in [-0.4, -0.2) is 18.9 Å². The molecule has 0 bridgehead atoms. The molecular formula is C22H19Cl2NO3. The van der Waals surface area contributed by atoms with Gasteiger partial charge in [-0.15, -0.1) is 0 Å². The van der Waals surface area contributed by atoms with Crippen molar-refractivity contribution in [2.45, 2.75) is 20.8 Å². The Labute approximate surface area is 174 Å². The van der Waals surface area contributed by atoms with Gasteiger partial charge in [0, 0.05) is 11.4 Å². The largest absolute Gasteiger partial charge is 0.465 e. The normalized spacial score (nSPS) is 15.6. The predicted molar refractivity (Wildman–Crippen MR) is 113 cm³/mol. The van der Waals surface area contributed by atoms with Gasteiger partial charge in [-0.1, -0.05) is 35.3 Å². The molecule has 3 rings (SSSR count). The van der Waals surface area contributed by atoms with Crippen LogP contribution in [0.25, 0.3) is 6.08 Å². The van der Waals surface area contributed by atoms with Gasteiger partial charge in [-0.25, -0.2) is 4.79 Å². The zero-order valence-corrected chi connectivity index (χ0v) is 17.5. The summed E-state index contributed by atoms with van der Waals surface area (Å²) >= 11 is 12.1. The van der Waals surface area contributed by atoms with Crippen molar-refractivity contribution in [1.82, 2.24) is 0 Å². The van der Waals surface area contributed by atoms with Crippen molar-refractivity contribution in [3.63, 3.8) is 0 Å². The second-order valence-electron chi connectivity index (χ2n) is 6.59. The number of allylic oxidation sites excluding steroid dienone is 2. The molecular weight excluding hydrogens is 397 g/mol. The number of anilines is 1.